The van der Waals surface area contributed by atoms with Crippen LogP contribution in [-0.4, -0.2) is 43.5 Å². The summed E-state index contributed by atoms with van der Waals surface area (Å²) < 4.78 is 20.7. The van der Waals surface area contributed by atoms with Crippen LogP contribution in [0.1, 0.15) is 19.6 Å². The molecule has 1 aliphatic heterocycles. The molecule has 20 heavy (non-hydrogen) atoms. The molecule has 8 heteroatoms. The molecule has 108 valence electrons. The summed E-state index contributed by atoms with van der Waals surface area (Å²) in [6.07, 6.45) is 2.73. The van der Waals surface area contributed by atoms with Crippen LogP contribution in [-0.2, 0) is 4.74 Å². The van der Waals surface area contributed by atoms with Crippen LogP contribution in [0.15, 0.2) is 12.7 Å². The van der Waals surface area contributed by atoms with E-state index in [4.69, 9.17) is 10.5 Å². The molecule has 0 radical (unpaired) electrons. The number of imidazole rings is 1. The highest BCUT2D eigenvalue weighted by Crippen LogP contribution is 2.42. The smallest absolute Gasteiger partial charge is 0.167 e. The Morgan fingerprint density at radius 1 is 1.55 bits per heavy atom. The van der Waals surface area contributed by atoms with Crippen molar-refractivity contribution < 1.29 is 14.2 Å². The zero-order valence-electron chi connectivity index (χ0n) is 11.0. The molecule has 1 fully saturated rings. The van der Waals surface area contributed by atoms with Crippen LogP contribution in [0.25, 0.3) is 11.2 Å². The fraction of sp³-hybridized carbons (Fsp3) is 0.583. The second kappa shape index (κ2) is 4.64. The number of nitrogens with two attached hydrogens (primary N) is 1. The van der Waals surface area contributed by atoms with E-state index in [1.54, 1.807) is 11.5 Å². The van der Waals surface area contributed by atoms with Crippen molar-refractivity contribution in [1.82, 2.24) is 19.5 Å². The quantitative estimate of drug-likeness (QED) is 0.857. The van der Waals surface area contributed by atoms with Crippen LogP contribution in [0.4, 0.5) is 10.2 Å². The molecule has 0 bridgehead atoms. The first-order valence-corrected chi connectivity index (χ1v) is 6.35. The van der Waals surface area contributed by atoms with Gasteiger partial charge in [-0.3, -0.25) is 8.96 Å². The van der Waals surface area contributed by atoms with Crippen molar-refractivity contribution in [1.29, 1.82) is 0 Å². The molecule has 0 unspecified atom stereocenters. The lowest BCUT2D eigenvalue weighted by atomic mass is 9.96. The summed E-state index contributed by atoms with van der Waals surface area (Å²) in [7, 11) is 0. The molecular formula is C12H16FN5O2. The number of ether oxygens (including phenoxy) is 1. The third-order valence-electron chi connectivity index (χ3n) is 3.70. The van der Waals surface area contributed by atoms with Crippen LogP contribution in [0.5, 0.6) is 0 Å². The van der Waals surface area contributed by atoms with E-state index in [9.17, 15) is 9.50 Å². The maximum absolute atomic E-state index is 13.2. The summed E-state index contributed by atoms with van der Waals surface area (Å²) in [4.78, 5) is 12.2. The molecule has 7 nitrogen and oxygen atoms in total. The molecule has 0 saturated carbocycles. The lowest BCUT2D eigenvalue weighted by Crippen LogP contribution is -2.28. The largest absolute Gasteiger partial charge is 0.393 e. The highest BCUT2D eigenvalue weighted by Gasteiger charge is 2.44. The molecule has 3 atom stereocenters. The van der Waals surface area contributed by atoms with Crippen molar-refractivity contribution in [2.45, 2.75) is 25.2 Å². The topological polar surface area (TPSA) is 99.1 Å². The number of alkyl halides is 1. The number of aliphatic hydroxyl groups is 1. The van der Waals surface area contributed by atoms with Gasteiger partial charge in [0.05, 0.1) is 25.2 Å². The lowest BCUT2D eigenvalue weighted by Gasteiger charge is -2.22. The monoisotopic (exact) mass is 281 g/mol. The van der Waals surface area contributed by atoms with Crippen LogP contribution in [0.3, 0.4) is 0 Å². The first kappa shape index (κ1) is 13.2. The third-order valence-corrected chi connectivity index (χ3v) is 3.70. The van der Waals surface area contributed by atoms with Gasteiger partial charge in [-0.15, -0.1) is 0 Å². The van der Waals surface area contributed by atoms with Crippen molar-refractivity contribution >= 4 is 17.0 Å². The molecular weight excluding hydrogens is 265 g/mol. The Kier molecular flexibility index (Phi) is 3.06. The molecule has 1 aliphatic rings. The average molecular weight is 281 g/mol. The Balaban J connectivity index is 2.04. The minimum Gasteiger partial charge on any atom is -0.393 e. The van der Waals surface area contributed by atoms with E-state index >= 15 is 0 Å². The standard InChI is InChI=1S/C12H16FN5O2/c1-12(4-19)2-7(3-13)11(20-12)18-6-17-8-9(14)15-5-16-10(8)18/h5-7,11,19H,2-4H2,1H3,(H2,14,15,16)/t7-,11-,12+/m1/s1. The Morgan fingerprint density at radius 3 is 3.05 bits per heavy atom. The fourth-order valence-electron chi connectivity index (χ4n) is 2.66. The van der Waals surface area contributed by atoms with Gasteiger partial charge in [-0.1, -0.05) is 0 Å². The number of anilines is 1. The van der Waals surface area contributed by atoms with Crippen molar-refractivity contribution in [3.63, 3.8) is 0 Å². The van der Waals surface area contributed by atoms with E-state index in [1.807, 2.05) is 0 Å². The van der Waals surface area contributed by atoms with Gasteiger partial charge < -0.3 is 15.6 Å². The number of halogens is 1. The van der Waals surface area contributed by atoms with Crippen molar-refractivity contribution in [3.05, 3.63) is 12.7 Å². The second-order valence-corrected chi connectivity index (χ2v) is 5.32. The summed E-state index contributed by atoms with van der Waals surface area (Å²) in [6.45, 7) is 1.06. The predicted octanol–water partition coefficient (Wildman–Crippen LogP) is 0.664. The molecule has 0 spiro atoms. The van der Waals surface area contributed by atoms with Crippen molar-refractivity contribution in [3.8, 4) is 0 Å². The number of hydrogen-bond donors (Lipinski definition) is 2. The number of fused-ring (bicyclic) bond motifs is 1. The Hall–Kier alpha value is -1.80. The summed E-state index contributed by atoms with van der Waals surface area (Å²) in [5.41, 5.74) is 5.95. The minimum atomic E-state index is -0.753. The molecule has 1 saturated heterocycles. The number of nitrogens with zero attached hydrogens (tertiary/aromatic N) is 4. The van der Waals surface area contributed by atoms with E-state index < -0.39 is 18.5 Å². The predicted molar refractivity (Wildman–Crippen MR) is 69.4 cm³/mol. The third kappa shape index (κ3) is 1.92. The summed E-state index contributed by atoms with van der Waals surface area (Å²) in [6, 6.07) is 0. The van der Waals surface area contributed by atoms with Gasteiger partial charge in [0.25, 0.3) is 0 Å². The number of aromatic nitrogens is 4. The van der Waals surface area contributed by atoms with Gasteiger partial charge in [-0.25, -0.2) is 15.0 Å². The molecule has 3 N–H and O–H groups in total. The molecule has 0 amide bonds. The summed E-state index contributed by atoms with van der Waals surface area (Å²) in [5, 5.41) is 9.39. The molecule has 0 aromatic carbocycles. The van der Waals surface area contributed by atoms with Gasteiger partial charge >= 0.3 is 0 Å². The van der Waals surface area contributed by atoms with Crippen LogP contribution in [0.2, 0.25) is 0 Å². The normalized spacial score (nSPS) is 30.1. The summed E-state index contributed by atoms with van der Waals surface area (Å²) >= 11 is 0. The average Bonchev–Trinajstić information content (AvgIpc) is 3.01. The molecule has 3 rings (SSSR count). The molecule has 2 aromatic heterocycles. The first-order valence-electron chi connectivity index (χ1n) is 6.35. The molecule has 0 aliphatic carbocycles. The molecule has 2 aromatic rings. The number of aliphatic hydroxyl groups excluding tert-OH is 1. The SMILES string of the molecule is C[C@@]1(CO)C[C@H](CF)[C@H](n2cnc3c(N)ncnc32)O1. The van der Waals surface area contributed by atoms with Gasteiger partial charge in [0.15, 0.2) is 11.5 Å². The Morgan fingerprint density at radius 2 is 2.35 bits per heavy atom. The van der Waals surface area contributed by atoms with Crippen molar-refractivity contribution in [2.75, 3.05) is 19.0 Å². The maximum Gasteiger partial charge on any atom is 0.167 e. The van der Waals surface area contributed by atoms with E-state index in [2.05, 4.69) is 15.0 Å². The van der Waals surface area contributed by atoms with E-state index in [-0.39, 0.29) is 18.3 Å². The minimum absolute atomic E-state index is 0.163. The number of rotatable bonds is 3. The summed E-state index contributed by atoms with van der Waals surface area (Å²) in [5.74, 6) is -0.0887. The van der Waals surface area contributed by atoms with Gasteiger partial charge in [-0.05, 0) is 13.3 Å². The van der Waals surface area contributed by atoms with Crippen LogP contribution in [0, 0.1) is 5.92 Å². The van der Waals surface area contributed by atoms with E-state index in [0.717, 1.165) is 0 Å². The van der Waals surface area contributed by atoms with Crippen LogP contribution >= 0.6 is 0 Å². The molecule has 3 heterocycles. The highest BCUT2D eigenvalue weighted by molar-refractivity contribution is 5.81. The van der Waals surface area contributed by atoms with Gasteiger partial charge in [0, 0.05) is 5.92 Å². The van der Waals surface area contributed by atoms with Gasteiger partial charge in [0.2, 0.25) is 0 Å². The number of nitrogen functional groups attached to an aromatic ring is 1. The Bertz CT molecular complexity index is 633. The van der Waals surface area contributed by atoms with Crippen molar-refractivity contribution in [2.24, 2.45) is 5.92 Å². The van der Waals surface area contributed by atoms with Gasteiger partial charge in [0.1, 0.15) is 18.1 Å². The maximum atomic E-state index is 13.2. The van der Waals surface area contributed by atoms with E-state index in [0.29, 0.717) is 17.6 Å². The van der Waals surface area contributed by atoms with E-state index in [1.165, 1.54) is 12.7 Å². The lowest BCUT2D eigenvalue weighted by molar-refractivity contribution is -0.0915. The van der Waals surface area contributed by atoms with Gasteiger partial charge in [-0.2, -0.15) is 0 Å². The second-order valence-electron chi connectivity index (χ2n) is 5.32. The zero-order chi connectivity index (χ0) is 14.3. The zero-order valence-corrected chi connectivity index (χ0v) is 11.0. The fourth-order valence-corrected chi connectivity index (χ4v) is 2.66. The Labute approximate surface area is 114 Å². The first-order chi connectivity index (χ1) is 9.58. The number of hydrogen-bond acceptors (Lipinski definition) is 6. The highest BCUT2D eigenvalue weighted by atomic mass is 19.1. The van der Waals surface area contributed by atoms with Crippen LogP contribution < -0.4 is 5.73 Å².